The number of ether oxygens (including phenoxy) is 1. The van der Waals surface area contributed by atoms with Crippen LogP contribution in [0.2, 0.25) is 0 Å². The van der Waals surface area contributed by atoms with Crippen molar-refractivity contribution in [2.75, 3.05) is 0 Å². The zero-order valence-corrected chi connectivity index (χ0v) is 18.5. The van der Waals surface area contributed by atoms with Crippen LogP contribution in [0.5, 0.6) is 5.75 Å². The van der Waals surface area contributed by atoms with Gasteiger partial charge in [-0.25, -0.2) is 0 Å². The first-order chi connectivity index (χ1) is 15.5. The summed E-state index contributed by atoms with van der Waals surface area (Å²) in [4.78, 5) is 10.5. The van der Waals surface area contributed by atoms with E-state index in [9.17, 15) is 15.4 Å². The highest BCUT2D eigenvalue weighted by atomic mass is 79.9. The van der Waals surface area contributed by atoms with Crippen molar-refractivity contribution in [3.8, 4) is 11.8 Å². The Morgan fingerprint density at radius 3 is 2.56 bits per heavy atom. The number of non-ortho nitro benzene ring substituents is 1. The summed E-state index contributed by atoms with van der Waals surface area (Å²) >= 11 is 3.51. The molecule has 0 aromatic heterocycles. The number of rotatable bonds is 6. The van der Waals surface area contributed by atoms with Crippen molar-refractivity contribution in [1.29, 1.82) is 5.26 Å². The van der Waals surface area contributed by atoms with Gasteiger partial charge < -0.3 is 4.74 Å². The number of nitro groups is 1. The quantitative estimate of drug-likeness (QED) is 0.126. The van der Waals surface area contributed by atoms with E-state index in [0.717, 1.165) is 26.4 Å². The molecule has 0 saturated carbocycles. The summed E-state index contributed by atoms with van der Waals surface area (Å²) in [6.07, 6.45) is 1.83. The predicted octanol–water partition coefficient (Wildman–Crippen LogP) is 7.15. The molecule has 4 aromatic carbocycles. The first-order valence-corrected chi connectivity index (χ1v) is 10.6. The van der Waals surface area contributed by atoms with Crippen LogP contribution < -0.4 is 4.74 Å². The Kier molecular flexibility index (Phi) is 6.29. The fourth-order valence-electron chi connectivity index (χ4n) is 3.35. The van der Waals surface area contributed by atoms with Crippen molar-refractivity contribution >= 4 is 44.0 Å². The molecule has 0 saturated heterocycles. The van der Waals surface area contributed by atoms with Gasteiger partial charge in [0, 0.05) is 12.1 Å². The lowest BCUT2D eigenvalue weighted by molar-refractivity contribution is -0.384. The Hall–Kier alpha value is -3.95. The monoisotopic (exact) mass is 484 g/mol. The van der Waals surface area contributed by atoms with Gasteiger partial charge in [-0.3, -0.25) is 10.1 Å². The molecule has 32 heavy (non-hydrogen) atoms. The Labute approximate surface area is 193 Å². The molecule has 5 nitrogen and oxygen atoms in total. The van der Waals surface area contributed by atoms with Gasteiger partial charge in [-0.2, -0.15) is 5.26 Å². The Morgan fingerprint density at radius 1 is 1.00 bits per heavy atom. The minimum absolute atomic E-state index is 0.0309. The van der Waals surface area contributed by atoms with E-state index in [1.807, 2.05) is 66.7 Å². The van der Waals surface area contributed by atoms with Gasteiger partial charge in [-0.05, 0) is 67.7 Å². The van der Waals surface area contributed by atoms with Gasteiger partial charge in [0.05, 0.1) is 21.0 Å². The highest BCUT2D eigenvalue weighted by Crippen LogP contribution is 2.29. The van der Waals surface area contributed by atoms with E-state index >= 15 is 0 Å². The molecule has 156 valence electrons. The molecule has 0 heterocycles. The second-order valence-electron chi connectivity index (χ2n) is 7.14. The maximum atomic E-state index is 10.9. The highest BCUT2D eigenvalue weighted by Gasteiger charge is 2.08. The molecule has 0 aliphatic rings. The molecule has 0 radical (unpaired) electrons. The Morgan fingerprint density at radius 2 is 1.81 bits per heavy atom. The number of halogens is 1. The SMILES string of the molecule is N#C/C(=C/c1ccc(OCc2cccc([N+](=O)[O-])c2)c(Br)c1)c1ccc2ccccc2c1. The molecule has 0 amide bonds. The molecule has 0 aliphatic heterocycles. The molecule has 0 atom stereocenters. The smallest absolute Gasteiger partial charge is 0.269 e. The molecule has 4 rings (SSSR count). The fourth-order valence-corrected chi connectivity index (χ4v) is 3.86. The van der Waals surface area contributed by atoms with Crippen LogP contribution in [0.4, 0.5) is 5.69 Å². The molecule has 6 heteroatoms. The summed E-state index contributed by atoms with van der Waals surface area (Å²) in [5.74, 6) is 0.609. The topological polar surface area (TPSA) is 76.2 Å². The summed E-state index contributed by atoms with van der Waals surface area (Å²) < 4.78 is 6.55. The third-order valence-electron chi connectivity index (χ3n) is 4.96. The summed E-state index contributed by atoms with van der Waals surface area (Å²) in [5.41, 5.74) is 3.01. The number of hydrogen-bond donors (Lipinski definition) is 0. The predicted molar refractivity (Wildman–Crippen MR) is 129 cm³/mol. The Bertz CT molecular complexity index is 1390. The van der Waals surface area contributed by atoms with Crippen LogP contribution in [0.15, 0.2) is 89.4 Å². The molecule has 0 spiro atoms. The molecule has 0 unspecified atom stereocenters. The largest absolute Gasteiger partial charge is 0.488 e. The van der Waals surface area contributed by atoms with Crippen LogP contribution in [-0.2, 0) is 6.61 Å². The molecular weight excluding hydrogens is 468 g/mol. The summed E-state index contributed by atoms with van der Waals surface area (Å²) in [6, 6.07) is 28.2. The number of nitro benzene ring substituents is 1. The van der Waals surface area contributed by atoms with Gasteiger partial charge in [0.2, 0.25) is 0 Å². The van der Waals surface area contributed by atoms with Crippen LogP contribution >= 0.6 is 15.9 Å². The van der Waals surface area contributed by atoms with Crippen LogP contribution in [0.25, 0.3) is 22.4 Å². The molecule has 0 N–H and O–H groups in total. The number of fused-ring (bicyclic) bond motifs is 1. The number of nitrogens with zero attached hydrogens (tertiary/aromatic N) is 2. The minimum atomic E-state index is -0.428. The maximum Gasteiger partial charge on any atom is 0.269 e. The van der Waals surface area contributed by atoms with Gasteiger partial charge >= 0.3 is 0 Å². The number of benzene rings is 4. The minimum Gasteiger partial charge on any atom is -0.488 e. The van der Waals surface area contributed by atoms with Crippen LogP contribution in [0.3, 0.4) is 0 Å². The van der Waals surface area contributed by atoms with Crippen molar-refractivity contribution in [2.45, 2.75) is 6.61 Å². The number of hydrogen-bond acceptors (Lipinski definition) is 4. The molecule has 4 aromatic rings. The lowest BCUT2D eigenvalue weighted by Gasteiger charge is -2.09. The first-order valence-electron chi connectivity index (χ1n) is 9.80. The van der Waals surface area contributed by atoms with E-state index in [1.54, 1.807) is 12.1 Å². The van der Waals surface area contributed by atoms with Gasteiger partial charge in [0.1, 0.15) is 12.4 Å². The van der Waals surface area contributed by atoms with Gasteiger partial charge in [0.25, 0.3) is 5.69 Å². The maximum absolute atomic E-state index is 10.9. The number of nitriles is 1. The average Bonchev–Trinajstić information content (AvgIpc) is 2.82. The van der Waals surface area contributed by atoms with Crippen molar-refractivity contribution in [3.63, 3.8) is 0 Å². The molecule has 0 aliphatic carbocycles. The van der Waals surface area contributed by atoms with Crippen molar-refractivity contribution in [2.24, 2.45) is 0 Å². The molecule has 0 fully saturated rings. The first kappa shape index (κ1) is 21.3. The average molecular weight is 485 g/mol. The number of allylic oxidation sites excluding steroid dienone is 1. The van der Waals surface area contributed by atoms with E-state index in [-0.39, 0.29) is 12.3 Å². The molecular formula is C26H17BrN2O3. The second-order valence-corrected chi connectivity index (χ2v) is 7.99. The second kappa shape index (κ2) is 9.46. The Balaban J connectivity index is 1.54. The van der Waals surface area contributed by atoms with E-state index in [4.69, 9.17) is 4.74 Å². The third kappa shape index (κ3) is 4.85. The lowest BCUT2D eigenvalue weighted by Crippen LogP contribution is -1.97. The van der Waals surface area contributed by atoms with E-state index < -0.39 is 4.92 Å². The zero-order chi connectivity index (χ0) is 22.5. The van der Waals surface area contributed by atoms with Crippen molar-refractivity contribution in [3.05, 3.63) is 116 Å². The van der Waals surface area contributed by atoms with E-state index in [0.29, 0.717) is 16.9 Å². The van der Waals surface area contributed by atoms with Gasteiger partial charge in [-0.1, -0.05) is 54.6 Å². The van der Waals surface area contributed by atoms with E-state index in [2.05, 4.69) is 22.0 Å². The highest BCUT2D eigenvalue weighted by molar-refractivity contribution is 9.10. The van der Waals surface area contributed by atoms with Gasteiger partial charge in [-0.15, -0.1) is 0 Å². The van der Waals surface area contributed by atoms with Crippen molar-refractivity contribution in [1.82, 2.24) is 0 Å². The van der Waals surface area contributed by atoms with Crippen LogP contribution in [-0.4, -0.2) is 4.92 Å². The normalized spacial score (nSPS) is 11.2. The summed E-state index contributed by atoms with van der Waals surface area (Å²) in [6.45, 7) is 0.204. The van der Waals surface area contributed by atoms with E-state index in [1.165, 1.54) is 12.1 Å². The lowest BCUT2D eigenvalue weighted by atomic mass is 10.0. The van der Waals surface area contributed by atoms with Crippen LogP contribution in [0, 0.1) is 21.4 Å². The third-order valence-corrected chi connectivity index (χ3v) is 5.58. The van der Waals surface area contributed by atoms with Gasteiger partial charge in [0.15, 0.2) is 0 Å². The zero-order valence-electron chi connectivity index (χ0n) is 16.9. The fraction of sp³-hybridized carbons (Fsp3) is 0.0385. The standard InChI is InChI=1S/C26H17BrN2O3/c27-25-14-18(8-11-26(25)32-17-19-4-3-7-24(13-19)29(30)31)12-23(16-28)22-10-9-20-5-1-2-6-21(20)15-22/h1-15H,17H2/b23-12-. The summed E-state index contributed by atoms with van der Waals surface area (Å²) in [7, 11) is 0. The van der Waals surface area contributed by atoms with Crippen LogP contribution in [0.1, 0.15) is 16.7 Å². The van der Waals surface area contributed by atoms with Crippen molar-refractivity contribution < 1.29 is 9.66 Å². The molecule has 0 bridgehead atoms. The summed E-state index contributed by atoms with van der Waals surface area (Å²) in [5, 5.41) is 22.8.